The van der Waals surface area contributed by atoms with E-state index >= 15 is 0 Å². The Bertz CT molecular complexity index is 453. The van der Waals surface area contributed by atoms with Gasteiger partial charge in [0.2, 0.25) is 5.91 Å². The number of carbonyl (C=O) groups is 1. The van der Waals surface area contributed by atoms with E-state index in [1.54, 1.807) is 29.8 Å². The number of halogens is 1. The Kier molecular flexibility index (Phi) is 4.24. The van der Waals surface area contributed by atoms with Gasteiger partial charge in [-0.15, -0.1) is 11.8 Å². The first-order valence-corrected chi connectivity index (χ1v) is 6.91. The molecule has 0 saturated carbocycles. The van der Waals surface area contributed by atoms with E-state index in [9.17, 15) is 9.18 Å². The molecule has 18 heavy (non-hydrogen) atoms. The van der Waals surface area contributed by atoms with Crippen LogP contribution in [0.5, 0.6) is 0 Å². The average molecular weight is 268 g/mol. The molecule has 1 N–H and O–H groups in total. The summed E-state index contributed by atoms with van der Waals surface area (Å²) in [5.41, 5.74) is 0.446. The number of para-hydroxylation sites is 1. The van der Waals surface area contributed by atoms with Crippen molar-refractivity contribution in [1.29, 1.82) is 0 Å². The van der Waals surface area contributed by atoms with E-state index in [1.807, 2.05) is 6.07 Å². The molecule has 0 fully saturated rings. The molecule has 0 aromatic heterocycles. The monoisotopic (exact) mass is 268 g/mol. The Balaban J connectivity index is 2.30. The molecule has 1 heterocycles. The van der Waals surface area contributed by atoms with Crippen LogP contribution in [-0.2, 0) is 4.79 Å². The molecule has 0 bridgehead atoms. The van der Waals surface area contributed by atoms with Gasteiger partial charge in [0.1, 0.15) is 5.82 Å². The molecule has 1 unspecified atom stereocenters. The molecular formula is C13H17FN2OS. The number of carbonyl (C=O) groups excluding carboxylic acids is 1. The second-order valence-electron chi connectivity index (χ2n) is 4.37. The second-order valence-corrected chi connectivity index (χ2v) is 5.85. The Morgan fingerprint density at radius 2 is 2.39 bits per heavy atom. The summed E-state index contributed by atoms with van der Waals surface area (Å²) in [6.07, 6.45) is 0.391. The summed E-state index contributed by atoms with van der Waals surface area (Å²) in [6.45, 7) is 3.23. The smallest absolute Gasteiger partial charge is 0.228 e. The van der Waals surface area contributed by atoms with Gasteiger partial charge >= 0.3 is 0 Å². The third-order valence-electron chi connectivity index (χ3n) is 2.88. The topological polar surface area (TPSA) is 32.3 Å². The van der Waals surface area contributed by atoms with E-state index < -0.39 is 0 Å². The van der Waals surface area contributed by atoms with Crippen molar-refractivity contribution in [2.24, 2.45) is 0 Å². The van der Waals surface area contributed by atoms with E-state index in [1.165, 1.54) is 6.07 Å². The number of hydrogen-bond donors (Lipinski definition) is 1. The van der Waals surface area contributed by atoms with Crippen molar-refractivity contribution in [2.75, 3.05) is 25.0 Å². The second kappa shape index (κ2) is 5.71. The molecule has 0 spiro atoms. The number of nitrogens with zero attached hydrogens (tertiary/aromatic N) is 1. The van der Waals surface area contributed by atoms with E-state index in [0.29, 0.717) is 25.2 Å². The number of nitrogens with one attached hydrogen (secondary N) is 1. The molecule has 1 aromatic carbocycles. The maximum atomic E-state index is 13.9. The summed E-state index contributed by atoms with van der Waals surface area (Å²) >= 11 is 1.62. The van der Waals surface area contributed by atoms with Gasteiger partial charge in [-0.2, -0.15) is 0 Å². The third-order valence-corrected chi connectivity index (χ3v) is 4.01. The van der Waals surface area contributed by atoms with Gasteiger partial charge in [0, 0.05) is 29.7 Å². The van der Waals surface area contributed by atoms with Crippen LogP contribution in [-0.4, -0.2) is 31.3 Å². The van der Waals surface area contributed by atoms with Crippen LogP contribution in [0.15, 0.2) is 23.1 Å². The van der Waals surface area contributed by atoms with E-state index in [2.05, 4.69) is 12.2 Å². The number of hydrogen-bond acceptors (Lipinski definition) is 3. The molecule has 0 radical (unpaired) electrons. The summed E-state index contributed by atoms with van der Waals surface area (Å²) in [4.78, 5) is 14.6. The van der Waals surface area contributed by atoms with Crippen LogP contribution >= 0.6 is 11.8 Å². The quantitative estimate of drug-likeness (QED) is 0.912. The fourth-order valence-corrected chi connectivity index (χ4v) is 3.18. The molecule has 3 nitrogen and oxygen atoms in total. The predicted octanol–water partition coefficient (Wildman–Crippen LogP) is 2.26. The maximum absolute atomic E-state index is 13.9. The van der Waals surface area contributed by atoms with Crippen molar-refractivity contribution in [2.45, 2.75) is 23.5 Å². The van der Waals surface area contributed by atoms with Gasteiger partial charge in [0.05, 0.1) is 5.69 Å². The normalized spacial score (nSPS) is 18.6. The highest BCUT2D eigenvalue weighted by molar-refractivity contribution is 8.00. The molecule has 1 aliphatic heterocycles. The van der Waals surface area contributed by atoms with Gasteiger partial charge in [-0.1, -0.05) is 13.0 Å². The molecular weight excluding hydrogens is 251 g/mol. The number of anilines is 1. The van der Waals surface area contributed by atoms with Crippen LogP contribution < -0.4 is 10.2 Å². The lowest BCUT2D eigenvalue weighted by Crippen LogP contribution is -2.40. The fraction of sp³-hybridized carbons (Fsp3) is 0.462. The lowest BCUT2D eigenvalue weighted by atomic mass is 10.2. The van der Waals surface area contributed by atoms with E-state index in [-0.39, 0.29) is 17.0 Å². The van der Waals surface area contributed by atoms with Crippen LogP contribution in [0.25, 0.3) is 0 Å². The van der Waals surface area contributed by atoms with Gasteiger partial charge < -0.3 is 10.2 Å². The Hall–Kier alpha value is -1.07. The summed E-state index contributed by atoms with van der Waals surface area (Å²) in [5.74, 6) is -0.340. The number of thioether (sulfide) groups is 1. The zero-order valence-corrected chi connectivity index (χ0v) is 11.4. The highest BCUT2D eigenvalue weighted by Crippen LogP contribution is 2.40. The lowest BCUT2D eigenvalue weighted by Gasteiger charge is -2.33. The first-order chi connectivity index (χ1) is 8.63. The maximum Gasteiger partial charge on any atom is 0.228 e. The molecule has 0 aliphatic carbocycles. The van der Waals surface area contributed by atoms with E-state index in [0.717, 1.165) is 4.90 Å². The zero-order valence-electron chi connectivity index (χ0n) is 10.6. The van der Waals surface area contributed by atoms with Crippen LogP contribution in [0.1, 0.15) is 13.3 Å². The highest BCUT2D eigenvalue weighted by atomic mass is 32.2. The molecule has 1 amide bonds. The number of amides is 1. The number of benzene rings is 1. The Morgan fingerprint density at radius 3 is 3.11 bits per heavy atom. The first-order valence-electron chi connectivity index (χ1n) is 6.03. The Morgan fingerprint density at radius 1 is 1.61 bits per heavy atom. The van der Waals surface area contributed by atoms with Crippen LogP contribution in [0.3, 0.4) is 0 Å². The predicted molar refractivity (Wildman–Crippen MR) is 72.6 cm³/mol. The summed E-state index contributed by atoms with van der Waals surface area (Å²) in [7, 11) is 1.80. The van der Waals surface area contributed by atoms with Crippen molar-refractivity contribution in [1.82, 2.24) is 5.32 Å². The minimum atomic E-state index is -0.315. The van der Waals surface area contributed by atoms with Crippen molar-refractivity contribution in [3.05, 3.63) is 24.0 Å². The molecule has 5 heteroatoms. The van der Waals surface area contributed by atoms with Crippen LogP contribution in [0.2, 0.25) is 0 Å². The minimum Gasteiger partial charge on any atom is -0.319 e. The van der Waals surface area contributed by atoms with Crippen LogP contribution in [0, 0.1) is 5.82 Å². The minimum absolute atomic E-state index is 0.0251. The van der Waals surface area contributed by atoms with Gasteiger partial charge in [-0.25, -0.2) is 4.39 Å². The average Bonchev–Trinajstić information content (AvgIpc) is 2.35. The SMILES string of the molecule is CNCCC(=O)N1CC(C)Sc2cccc(F)c21. The summed E-state index contributed by atoms with van der Waals surface area (Å²) in [5, 5.41) is 3.23. The summed E-state index contributed by atoms with van der Waals surface area (Å²) < 4.78 is 13.9. The van der Waals surface area contributed by atoms with Crippen molar-refractivity contribution in [3.8, 4) is 0 Å². The summed E-state index contributed by atoms with van der Waals surface area (Å²) in [6, 6.07) is 4.97. The van der Waals surface area contributed by atoms with Gasteiger partial charge in [-0.3, -0.25) is 4.79 Å². The van der Waals surface area contributed by atoms with Crippen molar-refractivity contribution < 1.29 is 9.18 Å². The standard InChI is InChI=1S/C13H17FN2OS/c1-9-8-16(12(17)6-7-15-2)13-10(14)4-3-5-11(13)18-9/h3-5,9,15H,6-8H2,1-2H3. The number of fused-ring (bicyclic) bond motifs is 1. The van der Waals surface area contributed by atoms with Crippen LogP contribution in [0.4, 0.5) is 10.1 Å². The lowest BCUT2D eigenvalue weighted by molar-refractivity contribution is -0.118. The van der Waals surface area contributed by atoms with Crippen molar-refractivity contribution >= 4 is 23.4 Å². The molecule has 1 atom stereocenters. The largest absolute Gasteiger partial charge is 0.319 e. The zero-order chi connectivity index (χ0) is 13.1. The first kappa shape index (κ1) is 13.4. The third kappa shape index (κ3) is 2.67. The molecule has 1 aromatic rings. The van der Waals surface area contributed by atoms with Gasteiger partial charge in [0.15, 0.2) is 0 Å². The highest BCUT2D eigenvalue weighted by Gasteiger charge is 2.28. The van der Waals surface area contributed by atoms with Gasteiger partial charge in [0.25, 0.3) is 0 Å². The van der Waals surface area contributed by atoms with E-state index in [4.69, 9.17) is 0 Å². The molecule has 0 saturated heterocycles. The molecule has 2 rings (SSSR count). The fourth-order valence-electron chi connectivity index (χ4n) is 2.05. The molecule has 1 aliphatic rings. The van der Waals surface area contributed by atoms with Crippen molar-refractivity contribution in [3.63, 3.8) is 0 Å². The number of rotatable bonds is 3. The van der Waals surface area contributed by atoms with Gasteiger partial charge in [-0.05, 0) is 19.2 Å². The molecule has 98 valence electrons. The Labute approximate surface area is 111 Å².